The van der Waals surface area contributed by atoms with Crippen molar-refractivity contribution in [2.45, 2.75) is 13.8 Å². The van der Waals surface area contributed by atoms with Crippen LogP contribution in [0.2, 0.25) is 0 Å². The Hall–Kier alpha value is -1.51. The quantitative estimate of drug-likeness (QED) is 0.700. The monoisotopic (exact) mass is 210 g/mol. The third kappa shape index (κ3) is 3.27. The van der Waals surface area contributed by atoms with Crippen LogP contribution >= 0.6 is 0 Å². The molecule has 0 aliphatic rings. The van der Waals surface area contributed by atoms with Crippen molar-refractivity contribution < 1.29 is 13.6 Å². The molecule has 0 unspecified atom stereocenters. The van der Waals surface area contributed by atoms with E-state index in [2.05, 4.69) is 0 Å². The van der Waals surface area contributed by atoms with E-state index >= 15 is 0 Å². The van der Waals surface area contributed by atoms with Crippen LogP contribution in [0.5, 0.6) is 0 Å². The molecular weight excluding hydrogens is 198 g/mol. The molecule has 0 radical (unpaired) electrons. The standard InChI is InChI=1S/C12H12F2O/c1-8(2)12(15)6-4-9-3-5-10(13)11(14)7-9/h3-8H,1-2H3/b6-4+. The fourth-order valence-corrected chi connectivity index (χ4v) is 0.987. The van der Waals surface area contributed by atoms with Gasteiger partial charge in [0.1, 0.15) is 0 Å². The number of rotatable bonds is 3. The number of halogens is 2. The first-order chi connectivity index (χ1) is 7.00. The second-order valence-corrected chi connectivity index (χ2v) is 3.56. The molecule has 0 amide bonds. The topological polar surface area (TPSA) is 17.1 Å². The van der Waals surface area contributed by atoms with Crippen LogP contribution in [0.4, 0.5) is 8.78 Å². The van der Waals surface area contributed by atoms with Crippen molar-refractivity contribution in [3.05, 3.63) is 41.5 Å². The number of hydrogen-bond donors (Lipinski definition) is 0. The van der Waals surface area contributed by atoms with Crippen molar-refractivity contribution in [1.82, 2.24) is 0 Å². The van der Waals surface area contributed by atoms with E-state index in [0.717, 1.165) is 12.1 Å². The van der Waals surface area contributed by atoms with Gasteiger partial charge < -0.3 is 0 Å². The Labute approximate surface area is 87.4 Å². The van der Waals surface area contributed by atoms with E-state index in [4.69, 9.17) is 0 Å². The van der Waals surface area contributed by atoms with E-state index in [1.807, 2.05) is 0 Å². The molecule has 1 aromatic rings. The highest BCUT2D eigenvalue weighted by Gasteiger charge is 2.03. The number of hydrogen-bond acceptors (Lipinski definition) is 1. The predicted octanol–water partition coefficient (Wildman–Crippen LogP) is 3.20. The van der Waals surface area contributed by atoms with Gasteiger partial charge in [0.15, 0.2) is 17.4 Å². The average molecular weight is 210 g/mol. The smallest absolute Gasteiger partial charge is 0.159 e. The van der Waals surface area contributed by atoms with Crippen LogP contribution in [0, 0.1) is 17.6 Å². The first kappa shape index (κ1) is 11.6. The van der Waals surface area contributed by atoms with Gasteiger partial charge in [-0.2, -0.15) is 0 Å². The zero-order valence-corrected chi connectivity index (χ0v) is 8.63. The molecule has 80 valence electrons. The highest BCUT2D eigenvalue weighted by molar-refractivity contribution is 5.94. The van der Waals surface area contributed by atoms with Gasteiger partial charge in [0.05, 0.1) is 0 Å². The third-order valence-corrected chi connectivity index (χ3v) is 1.95. The Morgan fingerprint density at radius 1 is 1.27 bits per heavy atom. The highest BCUT2D eigenvalue weighted by Crippen LogP contribution is 2.10. The molecule has 15 heavy (non-hydrogen) atoms. The van der Waals surface area contributed by atoms with E-state index in [9.17, 15) is 13.6 Å². The van der Waals surface area contributed by atoms with Crippen LogP contribution in [-0.4, -0.2) is 5.78 Å². The van der Waals surface area contributed by atoms with Gasteiger partial charge in [-0.05, 0) is 23.8 Å². The summed E-state index contributed by atoms with van der Waals surface area (Å²) in [6, 6.07) is 3.51. The van der Waals surface area contributed by atoms with Gasteiger partial charge in [-0.1, -0.05) is 26.0 Å². The summed E-state index contributed by atoms with van der Waals surface area (Å²) in [5, 5.41) is 0. The Kier molecular flexibility index (Phi) is 3.72. The molecule has 0 heterocycles. The molecule has 0 aromatic heterocycles. The van der Waals surface area contributed by atoms with E-state index in [1.54, 1.807) is 13.8 Å². The molecule has 0 saturated heterocycles. The first-order valence-electron chi connectivity index (χ1n) is 4.67. The highest BCUT2D eigenvalue weighted by atomic mass is 19.2. The van der Waals surface area contributed by atoms with Crippen LogP contribution in [-0.2, 0) is 4.79 Å². The van der Waals surface area contributed by atoms with Crippen molar-refractivity contribution in [3.8, 4) is 0 Å². The number of ketones is 1. The Morgan fingerprint density at radius 3 is 2.47 bits per heavy atom. The molecule has 0 saturated carbocycles. The number of carbonyl (C=O) groups excluding carboxylic acids is 1. The molecule has 0 fully saturated rings. The maximum Gasteiger partial charge on any atom is 0.159 e. The molecule has 0 aliphatic heterocycles. The summed E-state index contributed by atoms with van der Waals surface area (Å²) in [6.07, 6.45) is 2.85. The summed E-state index contributed by atoms with van der Waals surface area (Å²) in [5.74, 6) is -1.93. The zero-order chi connectivity index (χ0) is 11.4. The number of benzene rings is 1. The van der Waals surface area contributed by atoms with E-state index in [0.29, 0.717) is 5.56 Å². The van der Waals surface area contributed by atoms with Crippen molar-refractivity contribution in [2.24, 2.45) is 5.92 Å². The summed E-state index contributed by atoms with van der Waals surface area (Å²) in [6.45, 7) is 3.55. The van der Waals surface area contributed by atoms with Crippen molar-refractivity contribution >= 4 is 11.9 Å². The molecular formula is C12H12F2O. The maximum absolute atomic E-state index is 12.8. The van der Waals surface area contributed by atoms with Gasteiger partial charge in [0.25, 0.3) is 0 Å². The predicted molar refractivity (Wildman–Crippen MR) is 55.2 cm³/mol. The second kappa shape index (κ2) is 4.82. The summed E-state index contributed by atoms with van der Waals surface area (Å²) in [5.41, 5.74) is 0.475. The second-order valence-electron chi connectivity index (χ2n) is 3.56. The maximum atomic E-state index is 12.8. The first-order valence-corrected chi connectivity index (χ1v) is 4.67. The van der Waals surface area contributed by atoms with Crippen LogP contribution in [0.25, 0.3) is 6.08 Å². The lowest BCUT2D eigenvalue weighted by Gasteiger charge is -1.98. The van der Waals surface area contributed by atoms with Gasteiger partial charge in [-0.25, -0.2) is 8.78 Å². The zero-order valence-electron chi connectivity index (χ0n) is 8.63. The Morgan fingerprint density at radius 2 is 1.93 bits per heavy atom. The lowest BCUT2D eigenvalue weighted by atomic mass is 10.1. The third-order valence-electron chi connectivity index (χ3n) is 1.95. The van der Waals surface area contributed by atoms with Crippen molar-refractivity contribution in [3.63, 3.8) is 0 Å². The fourth-order valence-electron chi connectivity index (χ4n) is 0.987. The SMILES string of the molecule is CC(C)C(=O)/C=C/c1ccc(F)c(F)c1. The van der Waals surface area contributed by atoms with Crippen molar-refractivity contribution in [2.75, 3.05) is 0 Å². The van der Waals surface area contributed by atoms with E-state index in [1.165, 1.54) is 18.2 Å². The molecule has 0 N–H and O–H groups in total. The minimum atomic E-state index is -0.908. The van der Waals surface area contributed by atoms with Gasteiger partial charge >= 0.3 is 0 Å². The van der Waals surface area contributed by atoms with Crippen LogP contribution in [0.1, 0.15) is 19.4 Å². The van der Waals surface area contributed by atoms with Crippen LogP contribution < -0.4 is 0 Å². The summed E-state index contributed by atoms with van der Waals surface area (Å²) in [7, 11) is 0. The van der Waals surface area contributed by atoms with Gasteiger partial charge in [-0.15, -0.1) is 0 Å². The summed E-state index contributed by atoms with van der Waals surface area (Å²) in [4.78, 5) is 11.2. The molecule has 0 atom stereocenters. The molecule has 1 nitrogen and oxygen atoms in total. The van der Waals surface area contributed by atoms with Gasteiger partial charge in [-0.3, -0.25) is 4.79 Å². The van der Waals surface area contributed by atoms with Gasteiger partial charge in [0, 0.05) is 5.92 Å². The molecule has 0 aliphatic carbocycles. The lowest BCUT2D eigenvalue weighted by Crippen LogP contribution is -2.01. The molecule has 0 spiro atoms. The van der Waals surface area contributed by atoms with E-state index in [-0.39, 0.29) is 11.7 Å². The molecule has 1 aromatic carbocycles. The van der Waals surface area contributed by atoms with Gasteiger partial charge in [0.2, 0.25) is 0 Å². The van der Waals surface area contributed by atoms with E-state index < -0.39 is 11.6 Å². The lowest BCUT2D eigenvalue weighted by molar-refractivity contribution is -0.117. The Balaban J connectivity index is 2.81. The number of carbonyl (C=O) groups is 1. The summed E-state index contributed by atoms with van der Waals surface area (Å²) >= 11 is 0. The normalized spacial score (nSPS) is 11.3. The average Bonchev–Trinajstić information content (AvgIpc) is 2.19. The summed E-state index contributed by atoms with van der Waals surface area (Å²) < 4.78 is 25.3. The Bertz CT molecular complexity index is 395. The number of allylic oxidation sites excluding steroid dienone is 1. The van der Waals surface area contributed by atoms with Crippen LogP contribution in [0.3, 0.4) is 0 Å². The van der Waals surface area contributed by atoms with Crippen molar-refractivity contribution in [1.29, 1.82) is 0 Å². The molecule has 0 bridgehead atoms. The minimum absolute atomic E-state index is 0.0419. The molecule has 1 rings (SSSR count). The fraction of sp³-hybridized carbons (Fsp3) is 0.250. The van der Waals surface area contributed by atoms with Crippen LogP contribution in [0.15, 0.2) is 24.3 Å². The molecule has 3 heteroatoms. The minimum Gasteiger partial charge on any atom is -0.295 e. The largest absolute Gasteiger partial charge is 0.295 e.